The van der Waals surface area contributed by atoms with E-state index in [2.05, 4.69) is 5.32 Å². The lowest BCUT2D eigenvalue weighted by Gasteiger charge is -2.39. The summed E-state index contributed by atoms with van der Waals surface area (Å²) in [5.74, 6) is 0.776. The van der Waals surface area contributed by atoms with Crippen LogP contribution in [0, 0.1) is 0 Å². The molecule has 1 heterocycles. The Morgan fingerprint density at radius 1 is 1.24 bits per heavy atom. The number of aliphatic hydroxyl groups excluding tert-OH is 1. The van der Waals surface area contributed by atoms with Crippen molar-refractivity contribution in [1.29, 1.82) is 0 Å². The lowest BCUT2D eigenvalue weighted by Crippen LogP contribution is -2.46. The van der Waals surface area contributed by atoms with Gasteiger partial charge in [0, 0.05) is 11.8 Å². The molecule has 0 fully saturated rings. The molecule has 21 heavy (non-hydrogen) atoms. The number of methoxy groups -OCH3 is 1. The number of hydrogen-bond donors (Lipinski definition) is 2. The normalized spacial score (nSPS) is 20.7. The summed E-state index contributed by atoms with van der Waals surface area (Å²) in [4.78, 5) is 0. The van der Waals surface area contributed by atoms with Crippen LogP contribution in [-0.2, 0) is 16.9 Å². The third-order valence-electron chi connectivity index (χ3n) is 3.86. The second-order valence-corrected chi connectivity index (χ2v) is 5.25. The summed E-state index contributed by atoms with van der Waals surface area (Å²) in [5.41, 5.74) is 2.46. The molecule has 0 saturated carbocycles. The van der Waals surface area contributed by atoms with Crippen LogP contribution in [0.4, 0.5) is 5.69 Å². The molecule has 1 unspecified atom stereocenters. The van der Waals surface area contributed by atoms with Gasteiger partial charge in [0.05, 0.1) is 26.9 Å². The highest BCUT2D eigenvalue weighted by atomic mass is 16.5. The van der Waals surface area contributed by atoms with Crippen LogP contribution in [-0.4, -0.2) is 25.4 Å². The summed E-state index contributed by atoms with van der Waals surface area (Å²) in [6.45, 7) is 0.969. The Balaban J connectivity index is 1.98. The van der Waals surface area contributed by atoms with Crippen LogP contribution < -0.4 is 10.1 Å². The van der Waals surface area contributed by atoms with Crippen molar-refractivity contribution in [3.8, 4) is 5.75 Å². The molecule has 110 valence electrons. The Morgan fingerprint density at radius 3 is 2.90 bits per heavy atom. The number of hydrogen-bond acceptors (Lipinski definition) is 4. The quantitative estimate of drug-likeness (QED) is 0.906. The molecule has 0 saturated heterocycles. The van der Waals surface area contributed by atoms with Crippen molar-refractivity contribution in [2.45, 2.75) is 12.1 Å². The highest BCUT2D eigenvalue weighted by Crippen LogP contribution is 2.34. The van der Waals surface area contributed by atoms with Gasteiger partial charge in [-0.1, -0.05) is 30.3 Å². The molecule has 0 aliphatic carbocycles. The van der Waals surface area contributed by atoms with Crippen LogP contribution in [0.25, 0.3) is 0 Å². The number of benzene rings is 2. The Hall–Kier alpha value is -2.04. The number of rotatable bonds is 4. The highest BCUT2D eigenvalue weighted by molar-refractivity contribution is 5.53. The minimum atomic E-state index is -0.624. The molecular formula is C17H19NO3. The third-order valence-corrected chi connectivity index (χ3v) is 3.86. The third kappa shape index (κ3) is 2.60. The molecule has 0 spiro atoms. The number of anilines is 1. The van der Waals surface area contributed by atoms with Gasteiger partial charge in [-0.3, -0.25) is 0 Å². The minimum absolute atomic E-state index is 0.0405. The fraction of sp³-hybridized carbons (Fsp3) is 0.294. The van der Waals surface area contributed by atoms with Crippen molar-refractivity contribution in [2.24, 2.45) is 0 Å². The van der Waals surface area contributed by atoms with Crippen LogP contribution in [0.3, 0.4) is 0 Å². The van der Waals surface area contributed by atoms with Gasteiger partial charge in [-0.15, -0.1) is 0 Å². The predicted octanol–water partition coefficient (Wildman–Crippen LogP) is 2.53. The Kier molecular flexibility index (Phi) is 3.82. The molecule has 1 atom stereocenters. The van der Waals surface area contributed by atoms with Crippen molar-refractivity contribution in [1.82, 2.24) is 0 Å². The first kappa shape index (κ1) is 13.9. The van der Waals surface area contributed by atoms with Crippen LogP contribution in [0.1, 0.15) is 11.1 Å². The van der Waals surface area contributed by atoms with E-state index in [1.165, 1.54) is 0 Å². The van der Waals surface area contributed by atoms with E-state index in [9.17, 15) is 5.11 Å². The molecule has 2 aromatic rings. The number of ether oxygens (including phenoxy) is 2. The fourth-order valence-corrected chi connectivity index (χ4v) is 2.78. The van der Waals surface area contributed by atoms with Gasteiger partial charge in [0.15, 0.2) is 0 Å². The van der Waals surface area contributed by atoms with Gasteiger partial charge in [0.1, 0.15) is 11.3 Å². The van der Waals surface area contributed by atoms with Gasteiger partial charge < -0.3 is 19.9 Å². The molecule has 0 amide bonds. The molecule has 0 radical (unpaired) electrons. The smallest absolute Gasteiger partial charge is 0.120 e. The van der Waals surface area contributed by atoms with E-state index >= 15 is 0 Å². The van der Waals surface area contributed by atoms with Crippen LogP contribution >= 0.6 is 0 Å². The average molecular weight is 285 g/mol. The largest absolute Gasteiger partial charge is 0.497 e. The summed E-state index contributed by atoms with van der Waals surface area (Å²) in [5, 5.41) is 13.4. The molecule has 4 heteroatoms. The van der Waals surface area contributed by atoms with Crippen LogP contribution in [0.5, 0.6) is 5.75 Å². The monoisotopic (exact) mass is 285 g/mol. The molecule has 3 rings (SSSR count). The molecule has 2 aromatic carbocycles. The lowest BCUT2D eigenvalue weighted by atomic mass is 9.85. The van der Waals surface area contributed by atoms with Crippen molar-refractivity contribution in [3.63, 3.8) is 0 Å². The minimum Gasteiger partial charge on any atom is -0.497 e. The average Bonchev–Trinajstić information content (AvgIpc) is 2.55. The van der Waals surface area contributed by atoms with Crippen molar-refractivity contribution >= 4 is 5.69 Å². The number of fused-ring (bicyclic) bond motifs is 1. The molecule has 0 bridgehead atoms. The van der Waals surface area contributed by atoms with Gasteiger partial charge in [-0.25, -0.2) is 0 Å². The van der Waals surface area contributed by atoms with Gasteiger partial charge >= 0.3 is 0 Å². The van der Waals surface area contributed by atoms with Gasteiger partial charge in [-0.05, 0) is 23.3 Å². The molecule has 1 aliphatic heterocycles. The lowest BCUT2D eigenvalue weighted by molar-refractivity contribution is 0.0357. The van der Waals surface area contributed by atoms with Crippen LogP contribution in [0.2, 0.25) is 0 Å². The maximum absolute atomic E-state index is 10.0. The standard InChI is InChI=1S/C17H19NO3/c1-20-15-7-4-6-14(9-15)18-17(11-19)12-21-10-13-5-2-3-8-16(13)17/h2-9,18-19H,10-12H2,1H3. The van der Waals surface area contributed by atoms with Crippen molar-refractivity contribution in [3.05, 3.63) is 59.7 Å². The molecule has 2 N–H and O–H groups in total. The van der Waals surface area contributed by atoms with E-state index in [-0.39, 0.29) is 6.61 Å². The zero-order chi connectivity index (χ0) is 14.7. The first-order valence-electron chi connectivity index (χ1n) is 6.97. The molecule has 0 aromatic heterocycles. The van der Waals surface area contributed by atoms with Gasteiger partial charge in [0.2, 0.25) is 0 Å². The summed E-state index contributed by atoms with van der Waals surface area (Å²) in [6.07, 6.45) is 0. The maximum Gasteiger partial charge on any atom is 0.120 e. The second kappa shape index (κ2) is 5.76. The topological polar surface area (TPSA) is 50.7 Å². The SMILES string of the molecule is COc1cccc(NC2(CO)COCc3ccccc32)c1. The first-order chi connectivity index (χ1) is 10.3. The summed E-state index contributed by atoms with van der Waals surface area (Å²) in [6, 6.07) is 15.7. The molecule has 4 nitrogen and oxygen atoms in total. The highest BCUT2D eigenvalue weighted by Gasteiger charge is 2.36. The van der Waals surface area contributed by atoms with E-state index in [0.29, 0.717) is 13.2 Å². The zero-order valence-electron chi connectivity index (χ0n) is 12.0. The van der Waals surface area contributed by atoms with Crippen molar-refractivity contribution < 1.29 is 14.6 Å². The fourth-order valence-electron chi connectivity index (χ4n) is 2.78. The Labute approximate surface area is 124 Å². The van der Waals surface area contributed by atoms with Crippen molar-refractivity contribution in [2.75, 3.05) is 25.6 Å². The maximum atomic E-state index is 10.0. The van der Waals surface area contributed by atoms with E-state index in [4.69, 9.17) is 9.47 Å². The van der Waals surface area contributed by atoms with E-state index in [1.807, 2.05) is 48.5 Å². The first-order valence-corrected chi connectivity index (χ1v) is 6.97. The van der Waals surface area contributed by atoms with Gasteiger partial charge in [-0.2, -0.15) is 0 Å². The Bertz CT molecular complexity index is 629. The summed E-state index contributed by atoms with van der Waals surface area (Å²) < 4.78 is 10.9. The second-order valence-electron chi connectivity index (χ2n) is 5.25. The van der Waals surface area contributed by atoms with E-state index < -0.39 is 5.54 Å². The predicted molar refractivity (Wildman–Crippen MR) is 81.5 cm³/mol. The molecular weight excluding hydrogens is 266 g/mol. The van der Waals surface area contributed by atoms with Crippen LogP contribution in [0.15, 0.2) is 48.5 Å². The number of aliphatic hydroxyl groups is 1. The van der Waals surface area contributed by atoms with Gasteiger partial charge in [0.25, 0.3) is 0 Å². The molecule has 1 aliphatic rings. The van der Waals surface area contributed by atoms with E-state index in [0.717, 1.165) is 22.6 Å². The number of nitrogens with one attached hydrogen (secondary N) is 1. The van der Waals surface area contributed by atoms with E-state index in [1.54, 1.807) is 7.11 Å². The summed E-state index contributed by atoms with van der Waals surface area (Å²) in [7, 11) is 1.64. The Morgan fingerprint density at radius 2 is 2.10 bits per heavy atom. The zero-order valence-corrected chi connectivity index (χ0v) is 12.0. The summed E-state index contributed by atoms with van der Waals surface area (Å²) >= 11 is 0.